The summed E-state index contributed by atoms with van der Waals surface area (Å²) < 4.78 is 0. The van der Waals surface area contributed by atoms with Gasteiger partial charge in [0.15, 0.2) is 0 Å². The Morgan fingerprint density at radius 3 is 3.10 bits per heavy atom. The summed E-state index contributed by atoms with van der Waals surface area (Å²) in [5, 5.41) is 5.24. The maximum atomic E-state index is 12.5. The zero-order valence-corrected chi connectivity index (χ0v) is 12.8. The zero-order valence-electron chi connectivity index (χ0n) is 12.0. The zero-order chi connectivity index (χ0) is 14.7. The van der Waals surface area contributed by atoms with Crippen molar-refractivity contribution in [3.05, 3.63) is 40.0 Å². The van der Waals surface area contributed by atoms with Crippen LogP contribution in [0.4, 0.5) is 5.82 Å². The standard InChI is InChI=1S/C15H18N4OS/c1-2-5-16-14-9-17-12(8-18-14)15(20)19-6-3-13-11(10-19)4-7-21-13/h4,7-9H,2-3,5-6,10H2,1H3,(H,16,18). The minimum atomic E-state index is -0.0404. The normalized spacial score (nSPS) is 13.9. The third kappa shape index (κ3) is 3.05. The number of nitrogens with one attached hydrogen (secondary N) is 1. The van der Waals surface area contributed by atoms with Crippen LogP contribution >= 0.6 is 11.3 Å². The van der Waals surface area contributed by atoms with Crippen molar-refractivity contribution in [1.82, 2.24) is 14.9 Å². The Labute approximate surface area is 128 Å². The number of rotatable bonds is 4. The molecule has 0 unspecified atom stereocenters. The molecule has 0 saturated carbocycles. The van der Waals surface area contributed by atoms with E-state index in [0.29, 0.717) is 18.1 Å². The smallest absolute Gasteiger partial charge is 0.274 e. The van der Waals surface area contributed by atoms with Crippen LogP contribution in [0.5, 0.6) is 0 Å². The summed E-state index contributed by atoms with van der Waals surface area (Å²) in [4.78, 5) is 24.2. The Morgan fingerprint density at radius 2 is 2.33 bits per heavy atom. The van der Waals surface area contributed by atoms with Gasteiger partial charge in [-0.1, -0.05) is 6.92 Å². The van der Waals surface area contributed by atoms with Crippen molar-refractivity contribution in [3.63, 3.8) is 0 Å². The number of hydrogen-bond acceptors (Lipinski definition) is 5. The Morgan fingerprint density at radius 1 is 1.43 bits per heavy atom. The number of fused-ring (bicyclic) bond motifs is 1. The van der Waals surface area contributed by atoms with E-state index in [-0.39, 0.29) is 5.91 Å². The topological polar surface area (TPSA) is 58.1 Å². The van der Waals surface area contributed by atoms with Crippen LogP contribution < -0.4 is 5.32 Å². The monoisotopic (exact) mass is 302 g/mol. The highest BCUT2D eigenvalue weighted by Crippen LogP contribution is 2.24. The minimum absolute atomic E-state index is 0.0404. The predicted molar refractivity (Wildman–Crippen MR) is 83.6 cm³/mol. The Hall–Kier alpha value is -1.95. The number of hydrogen-bond donors (Lipinski definition) is 1. The lowest BCUT2D eigenvalue weighted by Crippen LogP contribution is -2.35. The van der Waals surface area contributed by atoms with Crippen molar-refractivity contribution >= 4 is 23.1 Å². The highest BCUT2D eigenvalue weighted by Gasteiger charge is 2.23. The Bertz CT molecular complexity index is 623. The van der Waals surface area contributed by atoms with Gasteiger partial charge >= 0.3 is 0 Å². The first-order chi connectivity index (χ1) is 10.3. The van der Waals surface area contributed by atoms with Crippen molar-refractivity contribution in [3.8, 4) is 0 Å². The molecule has 1 N–H and O–H groups in total. The van der Waals surface area contributed by atoms with E-state index in [2.05, 4.69) is 33.7 Å². The lowest BCUT2D eigenvalue weighted by molar-refractivity contribution is 0.0729. The van der Waals surface area contributed by atoms with Crippen molar-refractivity contribution in [2.75, 3.05) is 18.4 Å². The average Bonchev–Trinajstić information content (AvgIpc) is 3.00. The highest BCUT2D eigenvalue weighted by atomic mass is 32.1. The summed E-state index contributed by atoms with van der Waals surface area (Å²) in [6.07, 6.45) is 5.15. The summed E-state index contributed by atoms with van der Waals surface area (Å²) in [7, 11) is 0. The van der Waals surface area contributed by atoms with E-state index in [9.17, 15) is 4.79 Å². The van der Waals surface area contributed by atoms with E-state index >= 15 is 0 Å². The molecule has 0 aromatic carbocycles. The van der Waals surface area contributed by atoms with Crippen molar-refractivity contribution in [2.24, 2.45) is 0 Å². The van der Waals surface area contributed by atoms with Crippen molar-refractivity contribution < 1.29 is 4.79 Å². The number of amides is 1. The number of anilines is 1. The molecule has 0 atom stereocenters. The Kier molecular flexibility index (Phi) is 4.15. The Balaban J connectivity index is 1.68. The lowest BCUT2D eigenvalue weighted by atomic mass is 10.1. The van der Waals surface area contributed by atoms with Crippen LogP contribution in [0.1, 0.15) is 34.3 Å². The fraction of sp³-hybridized carbons (Fsp3) is 0.400. The third-order valence-corrected chi connectivity index (χ3v) is 4.54. The van der Waals surface area contributed by atoms with Gasteiger partial charge in [0.25, 0.3) is 5.91 Å². The van der Waals surface area contributed by atoms with Crippen LogP contribution in [0.2, 0.25) is 0 Å². The SMILES string of the molecule is CCCNc1cnc(C(=O)N2CCc3sccc3C2)cn1. The highest BCUT2D eigenvalue weighted by molar-refractivity contribution is 7.10. The van der Waals surface area contributed by atoms with Gasteiger partial charge in [-0.25, -0.2) is 9.97 Å². The van der Waals surface area contributed by atoms with Crippen molar-refractivity contribution in [1.29, 1.82) is 0 Å². The van der Waals surface area contributed by atoms with Gasteiger partial charge in [-0.2, -0.15) is 0 Å². The van der Waals surface area contributed by atoms with E-state index in [1.807, 2.05) is 4.90 Å². The number of nitrogens with zero attached hydrogens (tertiary/aromatic N) is 3. The molecule has 0 aliphatic carbocycles. The molecule has 110 valence electrons. The molecule has 6 heteroatoms. The second-order valence-electron chi connectivity index (χ2n) is 5.06. The number of carbonyl (C=O) groups is 1. The van der Waals surface area contributed by atoms with Crippen LogP contribution in [0, 0.1) is 0 Å². The van der Waals surface area contributed by atoms with E-state index in [1.165, 1.54) is 10.4 Å². The molecule has 0 spiro atoms. The second-order valence-corrected chi connectivity index (χ2v) is 6.06. The van der Waals surface area contributed by atoms with E-state index in [1.54, 1.807) is 23.7 Å². The number of carbonyl (C=O) groups excluding carboxylic acids is 1. The summed E-state index contributed by atoms with van der Waals surface area (Å²) in [6.45, 7) is 4.38. The quantitative estimate of drug-likeness (QED) is 0.943. The van der Waals surface area contributed by atoms with Gasteiger partial charge in [0, 0.05) is 24.5 Å². The third-order valence-electron chi connectivity index (χ3n) is 3.52. The van der Waals surface area contributed by atoms with Crippen LogP contribution in [0.3, 0.4) is 0 Å². The van der Waals surface area contributed by atoms with E-state index in [4.69, 9.17) is 0 Å². The molecule has 3 heterocycles. The van der Waals surface area contributed by atoms with Crippen molar-refractivity contribution in [2.45, 2.75) is 26.3 Å². The first-order valence-corrected chi connectivity index (χ1v) is 8.06. The van der Waals surface area contributed by atoms with Gasteiger partial charge in [0.1, 0.15) is 11.5 Å². The fourth-order valence-corrected chi connectivity index (χ4v) is 3.26. The van der Waals surface area contributed by atoms with Gasteiger partial charge in [0.2, 0.25) is 0 Å². The summed E-state index contributed by atoms with van der Waals surface area (Å²) in [6, 6.07) is 2.10. The molecule has 5 nitrogen and oxygen atoms in total. The van der Waals surface area contributed by atoms with E-state index in [0.717, 1.165) is 25.9 Å². The molecule has 1 amide bonds. The molecule has 3 rings (SSSR count). The van der Waals surface area contributed by atoms with E-state index < -0.39 is 0 Å². The van der Waals surface area contributed by atoms with Crippen LogP contribution in [-0.4, -0.2) is 33.9 Å². The molecule has 0 fully saturated rings. The maximum Gasteiger partial charge on any atom is 0.274 e. The molecule has 21 heavy (non-hydrogen) atoms. The average molecular weight is 302 g/mol. The molecular formula is C15H18N4OS. The van der Waals surface area contributed by atoms with Gasteiger partial charge in [-0.05, 0) is 29.9 Å². The summed E-state index contributed by atoms with van der Waals surface area (Å²) >= 11 is 1.77. The summed E-state index contributed by atoms with van der Waals surface area (Å²) in [5.41, 5.74) is 1.67. The molecule has 0 saturated heterocycles. The van der Waals surface area contributed by atoms with Gasteiger partial charge in [-0.15, -0.1) is 11.3 Å². The summed E-state index contributed by atoms with van der Waals surface area (Å²) in [5.74, 6) is 0.675. The first-order valence-electron chi connectivity index (χ1n) is 7.18. The molecule has 0 bridgehead atoms. The molecular weight excluding hydrogens is 284 g/mol. The second kappa shape index (κ2) is 6.22. The van der Waals surface area contributed by atoms with Crippen LogP contribution in [0.15, 0.2) is 23.8 Å². The van der Waals surface area contributed by atoms with Crippen LogP contribution in [-0.2, 0) is 13.0 Å². The van der Waals surface area contributed by atoms with Gasteiger partial charge < -0.3 is 10.2 Å². The minimum Gasteiger partial charge on any atom is -0.369 e. The lowest BCUT2D eigenvalue weighted by Gasteiger charge is -2.26. The largest absolute Gasteiger partial charge is 0.369 e. The molecule has 0 radical (unpaired) electrons. The molecule has 1 aliphatic rings. The maximum absolute atomic E-state index is 12.5. The predicted octanol–water partition coefficient (Wildman–Crippen LogP) is 2.56. The first kappa shape index (κ1) is 14.0. The van der Waals surface area contributed by atoms with Gasteiger partial charge in [0.05, 0.1) is 12.4 Å². The molecule has 2 aromatic heterocycles. The molecule has 2 aromatic rings. The number of thiophene rings is 1. The van der Waals surface area contributed by atoms with Gasteiger partial charge in [-0.3, -0.25) is 4.79 Å². The number of aromatic nitrogens is 2. The fourth-order valence-electron chi connectivity index (χ4n) is 2.37. The van der Waals surface area contributed by atoms with Crippen LogP contribution in [0.25, 0.3) is 0 Å². The molecule has 1 aliphatic heterocycles.